The minimum atomic E-state index is -0.621. The third-order valence-electron chi connectivity index (χ3n) is 3.08. The summed E-state index contributed by atoms with van der Waals surface area (Å²) in [5.74, 6) is 2.32. The molecule has 0 saturated heterocycles. The molecule has 0 aliphatic rings. The van der Waals surface area contributed by atoms with E-state index in [1.54, 1.807) is 6.92 Å². The van der Waals surface area contributed by atoms with Crippen molar-refractivity contribution in [3.05, 3.63) is 0 Å². The van der Waals surface area contributed by atoms with Crippen molar-refractivity contribution in [3.8, 4) is 12.3 Å². The maximum absolute atomic E-state index is 9.87. The Morgan fingerprint density at radius 2 is 1.64 bits per heavy atom. The van der Waals surface area contributed by atoms with E-state index >= 15 is 0 Å². The molecule has 0 unspecified atom stereocenters. The molecule has 0 rings (SSSR count). The molecule has 2 N–H and O–H groups in total. The second-order valence-corrected chi connectivity index (χ2v) is 4.18. The minimum absolute atomic E-state index is 0.170. The molecule has 0 aliphatic heterocycles. The Morgan fingerprint density at radius 3 is 2.00 bits per heavy atom. The molecule has 0 fully saturated rings. The molecule has 0 aromatic rings. The van der Waals surface area contributed by atoms with Crippen LogP contribution in [-0.2, 0) is 0 Å². The van der Waals surface area contributed by atoms with Crippen molar-refractivity contribution < 1.29 is 10.2 Å². The SMILES string of the molecule is C#C[C@H](C)[C@H](O)[C@@H](C)[C@H](O)[C@@H](C)CC. The van der Waals surface area contributed by atoms with Gasteiger partial charge in [-0.2, -0.15) is 0 Å². The first-order valence-electron chi connectivity index (χ1n) is 5.27. The van der Waals surface area contributed by atoms with Gasteiger partial charge in [0.15, 0.2) is 0 Å². The van der Waals surface area contributed by atoms with E-state index < -0.39 is 12.2 Å². The summed E-state index contributed by atoms with van der Waals surface area (Å²) in [6.45, 7) is 7.64. The molecule has 0 bridgehead atoms. The molecule has 0 aliphatic carbocycles. The minimum Gasteiger partial charge on any atom is -0.392 e. The van der Waals surface area contributed by atoms with E-state index in [0.29, 0.717) is 0 Å². The molecule has 0 saturated carbocycles. The van der Waals surface area contributed by atoms with Gasteiger partial charge in [-0.15, -0.1) is 12.3 Å². The number of aliphatic hydroxyl groups excluding tert-OH is 2. The van der Waals surface area contributed by atoms with E-state index in [2.05, 4.69) is 5.92 Å². The van der Waals surface area contributed by atoms with Crippen molar-refractivity contribution in [3.63, 3.8) is 0 Å². The van der Waals surface area contributed by atoms with Crippen LogP contribution in [-0.4, -0.2) is 22.4 Å². The van der Waals surface area contributed by atoms with E-state index in [4.69, 9.17) is 6.42 Å². The Hall–Kier alpha value is -0.520. The lowest BCUT2D eigenvalue weighted by molar-refractivity contribution is -0.0193. The first kappa shape index (κ1) is 13.5. The number of hydrogen-bond acceptors (Lipinski definition) is 2. The van der Waals surface area contributed by atoms with Crippen molar-refractivity contribution in [2.24, 2.45) is 17.8 Å². The van der Waals surface area contributed by atoms with Crippen LogP contribution >= 0.6 is 0 Å². The zero-order valence-corrected chi connectivity index (χ0v) is 9.57. The molecule has 0 aromatic carbocycles. The molecule has 5 atom stereocenters. The van der Waals surface area contributed by atoms with Crippen molar-refractivity contribution >= 4 is 0 Å². The Kier molecular flexibility index (Phi) is 5.83. The summed E-state index contributed by atoms with van der Waals surface area (Å²) in [5.41, 5.74) is 0. The van der Waals surface area contributed by atoms with Crippen LogP contribution in [0, 0.1) is 30.1 Å². The largest absolute Gasteiger partial charge is 0.392 e. The lowest BCUT2D eigenvalue weighted by Gasteiger charge is -2.29. The number of aliphatic hydroxyl groups is 2. The van der Waals surface area contributed by atoms with Gasteiger partial charge in [0.1, 0.15) is 0 Å². The molecule has 2 heteroatoms. The summed E-state index contributed by atoms with van der Waals surface area (Å²) >= 11 is 0. The maximum atomic E-state index is 9.87. The van der Waals surface area contributed by atoms with E-state index in [-0.39, 0.29) is 17.8 Å². The molecule has 2 nitrogen and oxygen atoms in total. The highest BCUT2D eigenvalue weighted by molar-refractivity contribution is 4.96. The molecule has 0 amide bonds. The highest BCUT2D eigenvalue weighted by Crippen LogP contribution is 2.22. The number of terminal acetylenes is 1. The quantitative estimate of drug-likeness (QED) is 0.660. The summed E-state index contributed by atoms with van der Waals surface area (Å²) < 4.78 is 0. The second-order valence-electron chi connectivity index (χ2n) is 4.18. The standard InChI is InChI=1S/C12H22O2/c1-6-8(3)11(13)10(5)12(14)9(4)7-2/h1,8-14H,7H2,2-5H3/t8-,9-,10+,11-,12+/m0/s1. The Bertz CT molecular complexity index is 195. The van der Waals surface area contributed by atoms with Gasteiger partial charge in [0.2, 0.25) is 0 Å². The smallest absolute Gasteiger partial charge is 0.0725 e. The monoisotopic (exact) mass is 198 g/mol. The summed E-state index contributed by atoms with van der Waals surface area (Å²) in [7, 11) is 0. The van der Waals surface area contributed by atoms with E-state index in [0.717, 1.165) is 6.42 Å². The summed E-state index contributed by atoms with van der Waals surface area (Å²) in [5, 5.41) is 19.7. The van der Waals surface area contributed by atoms with Gasteiger partial charge >= 0.3 is 0 Å². The fourth-order valence-electron chi connectivity index (χ4n) is 1.52. The van der Waals surface area contributed by atoms with Gasteiger partial charge in [0.05, 0.1) is 12.2 Å². The third kappa shape index (κ3) is 3.32. The number of rotatable bonds is 5. The molecule has 0 aromatic heterocycles. The topological polar surface area (TPSA) is 40.5 Å². The van der Waals surface area contributed by atoms with Crippen LogP contribution in [0.25, 0.3) is 0 Å². The highest BCUT2D eigenvalue weighted by Gasteiger charge is 2.28. The zero-order chi connectivity index (χ0) is 11.3. The van der Waals surface area contributed by atoms with Gasteiger partial charge in [-0.25, -0.2) is 0 Å². The van der Waals surface area contributed by atoms with Crippen molar-refractivity contribution in [1.82, 2.24) is 0 Å². The normalized spacial score (nSPS) is 21.8. The summed E-state index contributed by atoms with van der Waals surface area (Å²) in [6, 6.07) is 0. The fourth-order valence-corrected chi connectivity index (χ4v) is 1.52. The first-order valence-corrected chi connectivity index (χ1v) is 5.27. The first-order chi connectivity index (χ1) is 6.45. The van der Waals surface area contributed by atoms with Gasteiger partial charge < -0.3 is 10.2 Å². The van der Waals surface area contributed by atoms with Crippen LogP contribution in [0.2, 0.25) is 0 Å². The highest BCUT2D eigenvalue weighted by atomic mass is 16.3. The molecule has 14 heavy (non-hydrogen) atoms. The fraction of sp³-hybridized carbons (Fsp3) is 0.833. The van der Waals surface area contributed by atoms with Crippen LogP contribution in [0.15, 0.2) is 0 Å². The molecule has 0 radical (unpaired) electrons. The average molecular weight is 198 g/mol. The van der Waals surface area contributed by atoms with Crippen molar-refractivity contribution in [2.45, 2.75) is 46.3 Å². The van der Waals surface area contributed by atoms with Gasteiger partial charge in [0.25, 0.3) is 0 Å². The lowest BCUT2D eigenvalue weighted by atomic mass is 9.84. The van der Waals surface area contributed by atoms with Crippen molar-refractivity contribution in [1.29, 1.82) is 0 Å². The maximum Gasteiger partial charge on any atom is 0.0725 e. The van der Waals surface area contributed by atoms with Gasteiger partial charge in [-0.1, -0.05) is 27.2 Å². The van der Waals surface area contributed by atoms with Crippen LogP contribution < -0.4 is 0 Å². The second kappa shape index (κ2) is 6.06. The van der Waals surface area contributed by atoms with E-state index in [1.165, 1.54) is 0 Å². The number of hydrogen-bond donors (Lipinski definition) is 2. The Morgan fingerprint density at radius 1 is 1.14 bits per heavy atom. The molecule has 0 spiro atoms. The molecule has 0 heterocycles. The van der Waals surface area contributed by atoms with E-state index in [1.807, 2.05) is 20.8 Å². The van der Waals surface area contributed by atoms with Crippen LogP contribution in [0.1, 0.15) is 34.1 Å². The van der Waals surface area contributed by atoms with Crippen LogP contribution in [0.4, 0.5) is 0 Å². The van der Waals surface area contributed by atoms with Crippen LogP contribution in [0.3, 0.4) is 0 Å². The Balaban J connectivity index is 4.31. The summed E-state index contributed by atoms with van der Waals surface area (Å²) in [6.07, 6.45) is 5.03. The zero-order valence-electron chi connectivity index (χ0n) is 9.57. The Labute approximate surface area is 87.3 Å². The molecular formula is C12H22O2. The lowest BCUT2D eigenvalue weighted by Crippen LogP contribution is -2.37. The van der Waals surface area contributed by atoms with E-state index in [9.17, 15) is 10.2 Å². The van der Waals surface area contributed by atoms with Gasteiger partial charge in [0, 0.05) is 11.8 Å². The van der Waals surface area contributed by atoms with Gasteiger partial charge in [-0.3, -0.25) is 0 Å². The summed E-state index contributed by atoms with van der Waals surface area (Å²) in [4.78, 5) is 0. The van der Waals surface area contributed by atoms with Crippen LogP contribution in [0.5, 0.6) is 0 Å². The predicted octanol–water partition coefficient (Wildman–Crippen LogP) is 1.66. The van der Waals surface area contributed by atoms with Crippen molar-refractivity contribution in [2.75, 3.05) is 0 Å². The molecular weight excluding hydrogens is 176 g/mol. The average Bonchev–Trinajstić information content (AvgIpc) is 2.23. The van der Waals surface area contributed by atoms with Gasteiger partial charge in [-0.05, 0) is 12.8 Å². The predicted molar refractivity (Wildman–Crippen MR) is 58.6 cm³/mol. The molecule has 82 valence electrons. The third-order valence-corrected chi connectivity index (χ3v) is 3.08.